The first-order chi connectivity index (χ1) is 17.0. The van der Waals surface area contributed by atoms with Gasteiger partial charge in [0.05, 0.1) is 13.2 Å². The summed E-state index contributed by atoms with van der Waals surface area (Å²) in [6.07, 6.45) is 0. The first-order valence-electron chi connectivity index (χ1n) is 11.8. The molecule has 0 saturated carbocycles. The molecule has 35 heavy (non-hydrogen) atoms. The van der Waals surface area contributed by atoms with Gasteiger partial charge in [0.1, 0.15) is 5.75 Å². The second-order valence-corrected chi connectivity index (χ2v) is 9.59. The lowest BCUT2D eigenvalue weighted by atomic mass is 10.0. The minimum Gasteiger partial charge on any atom is -0.497 e. The van der Waals surface area contributed by atoms with Gasteiger partial charge >= 0.3 is 11.8 Å². The van der Waals surface area contributed by atoms with Gasteiger partial charge in [0.25, 0.3) is 0 Å². The van der Waals surface area contributed by atoms with E-state index in [9.17, 15) is 9.59 Å². The van der Waals surface area contributed by atoms with Gasteiger partial charge in [-0.2, -0.15) is 0 Å². The second-order valence-electron chi connectivity index (χ2n) is 8.61. The summed E-state index contributed by atoms with van der Waals surface area (Å²) < 4.78 is 5.15. The standard InChI is InChI=1S/C27H32N4O3S/c1-20(29-27(33)26(32)28-19-21-10-12-23(34-2)13-11-21)25(24-9-6-18-35-24)31-16-14-30(15-17-31)22-7-4-3-5-8-22/h3-13,18,20,25H,14-17,19H2,1-2H3,(H,28,32)(H,29,33)/t20-,25+/m1/s1. The highest BCUT2D eigenvalue weighted by Gasteiger charge is 2.31. The van der Waals surface area contributed by atoms with Gasteiger partial charge in [-0.15, -0.1) is 11.3 Å². The second kappa shape index (κ2) is 11.9. The number of carbonyl (C=O) groups excluding carboxylic acids is 2. The molecule has 1 saturated heterocycles. The predicted molar refractivity (Wildman–Crippen MR) is 140 cm³/mol. The summed E-state index contributed by atoms with van der Waals surface area (Å²) in [5.41, 5.74) is 2.13. The van der Waals surface area contributed by atoms with Crippen molar-refractivity contribution in [3.63, 3.8) is 0 Å². The Balaban J connectivity index is 1.35. The third kappa shape index (κ3) is 6.41. The van der Waals surface area contributed by atoms with Crippen LogP contribution in [-0.4, -0.2) is 56.0 Å². The molecule has 4 rings (SSSR count). The lowest BCUT2D eigenvalue weighted by Gasteiger charge is -2.42. The highest BCUT2D eigenvalue weighted by Crippen LogP contribution is 2.30. The molecular formula is C27H32N4O3S. The molecule has 2 amide bonds. The van der Waals surface area contributed by atoms with Gasteiger partial charge in [-0.1, -0.05) is 36.4 Å². The van der Waals surface area contributed by atoms with Crippen LogP contribution in [0, 0.1) is 0 Å². The predicted octanol–water partition coefficient (Wildman–Crippen LogP) is 3.44. The van der Waals surface area contributed by atoms with Crippen molar-refractivity contribution in [2.75, 3.05) is 38.2 Å². The molecule has 2 aromatic carbocycles. The van der Waals surface area contributed by atoms with Crippen LogP contribution < -0.4 is 20.3 Å². The van der Waals surface area contributed by atoms with E-state index in [1.54, 1.807) is 18.4 Å². The van der Waals surface area contributed by atoms with Crippen molar-refractivity contribution in [1.82, 2.24) is 15.5 Å². The molecule has 0 radical (unpaired) electrons. The zero-order valence-corrected chi connectivity index (χ0v) is 21.0. The van der Waals surface area contributed by atoms with Crippen molar-refractivity contribution in [1.29, 1.82) is 0 Å². The fourth-order valence-corrected chi connectivity index (χ4v) is 5.42. The van der Waals surface area contributed by atoms with E-state index in [0.717, 1.165) is 37.5 Å². The van der Waals surface area contributed by atoms with Gasteiger partial charge in [-0.25, -0.2) is 0 Å². The summed E-state index contributed by atoms with van der Waals surface area (Å²) in [5.74, 6) is -0.502. The molecule has 2 atom stereocenters. The van der Waals surface area contributed by atoms with Gasteiger partial charge in [-0.05, 0) is 48.2 Å². The van der Waals surface area contributed by atoms with E-state index >= 15 is 0 Å². The van der Waals surface area contributed by atoms with Gasteiger partial charge in [0, 0.05) is 49.3 Å². The summed E-state index contributed by atoms with van der Waals surface area (Å²) in [6.45, 7) is 5.83. The molecular weight excluding hydrogens is 460 g/mol. The zero-order chi connectivity index (χ0) is 24.6. The Hall–Kier alpha value is -3.36. The normalized spacial score (nSPS) is 15.8. The van der Waals surface area contributed by atoms with Crippen LogP contribution in [0.4, 0.5) is 5.69 Å². The van der Waals surface area contributed by atoms with Crippen LogP contribution in [0.2, 0.25) is 0 Å². The van der Waals surface area contributed by atoms with Crippen molar-refractivity contribution < 1.29 is 14.3 Å². The van der Waals surface area contributed by atoms with Gasteiger partial charge in [0.15, 0.2) is 0 Å². The topological polar surface area (TPSA) is 73.9 Å². The van der Waals surface area contributed by atoms with Gasteiger partial charge < -0.3 is 20.3 Å². The highest BCUT2D eigenvalue weighted by molar-refractivity contribution is 7.10. The van der Waals surface area contributed by atoms with Crippen LogP contribution in [0.3, 0.4) is 0 Å². The number of nitrogens with one attached hydrogen (secondary N) is 2. The number of rotatable bonds is 8. The molecule has 184 valence electrons. The molecule has 7 nitrogen and oxygen atoms in total. The van der Waals surface area contributed by atoms with Crippen LogP contribution in [0.1, 0.15) is 23.4 Å². The average Bonchev–Trinajstić information content (AvgIpc) is 3.43. The highest BCUT2D eigenvalue weighted by atomic mass is 32.1. The lowest BCUT2D eigenvalue weighted by Crippen LogP contribution is -2.53. The lowest BCUT2D eigenvalue weighted by molar-refractivity contribution is -0.140. The Morgan fingerprint density at radius 1 is 0.943 bits per heavy atom. The molecule has 2 heterocycles. The Morgan fingerprint density at radius 2 is 1.66 bits per heavy atom. The number of piperazine rings is 1. The van der Waals surface area contributed by atoms with E-state index in [0.29, 0.717) is 0 Å². The number of amides is 2. The fraction of sp³-hybridized carbons (Fsp3) is 0.333. The van der Waals surface area contributed by atoms with Crippen molar-refractivity contribution >= 4 is 28.8 Å². The van der Waals surface area contributed by atoms with Crippen LogP contribution in [-0.2, 0) is 16.1 Å². The zero-order valence-electron chi connectivity index (χ0n) is 20.1. The largest absolute Gasteiger partial charge is 0.497 e. The van der Waals surface area contributed by atoms with E-state index < -0.39 is 11.8 Å². The maximum atomic E-state index is 12.7. The maximum absolute atomic E-state index is 12.7. The van der Waals surface area contributed by atoms with Crippen molar-refractivity contribution in [3.8, 4) is 5.75 Å². The number of methoxy groups -OCH3 is 1. The molecule has 1 aliphatic rings. The quantitative estimate of drug-likeness (QED) is 0.472. The molecule has 0 unspecified atom stereocenters. The summed E-state index contributed by atoms with van der Waals surface area (Å²) in [4.78, 5) is 31.2. The third-order valence-electron chi connectivity index (χ3n) is 6.31. The van der Waals surface area contributed by atoms with E-state index in [2.05, 4.69) is 56.1 Å². The van der Waals surface area contributed by atoms with Gasteiger partial charge in [0.2, 0.25) is 0 Å². The molecule has 2 N–H and O–H groups in total. The summed E-state index contributed by atoms with van der Waals surface area (Å²) in [6, 6.07) is 21.7. The monoisotopic (exact) mass is 492 g/mol. The smallest absolute Gasteiger partial charge is 0.309 e. The SMILES string of the molecule is COc1ccc(CNC(=O)C(=O)N[C@H](C)[C@@H](c2cccs2)N2CCN(c3ccccc3)CC2)cc1. The number of carbonyl (C=O) groups is 2. The van der Waals surface area contributed by atoms with Crippen LogP contribution in [0.15, 0.2) is 72.1 Å². The first-order valence-corrected chi connectivity index (χ1v) is 12.7. The first kappa shape index (κ1) is 24.8. The molecule has 1 aromatic heterocycles. The van der Waals surface area contributed by atoms with Crippen LogP contribution >= 0.6 is 11.3 Å². The van der Waals surface area contributed by atoms with Crippen molar-refractivity contribution in [2.24, 2.45) is 0 Å². The maximum Gasteiger partial charge on any atom is 0.309 e. The van der Waals surface area contributed by atoms with Crippen molar-refractivity contribution in [2.45, 2.75) is 25.6 Å². The molecule has 0 spiro atoms. The summed E-state index contributed by atoms with van der Waals surface area (Å²) in [5, 5.41) is 7.71. The molecule has 1 fully saturated rings. The molecule has 0 bridgehead atoms. The van der Waals surface area contributed by atoms with Gasteiger partial charge in [-0.3, -0.25) is 14.5 Å². The Kier molecular flexibility index (Phi) is 8.39. The number of hydrogen-bond donors (Lipinski definition) is 2. The van der Waals surface area contributed by atoms with E-state index in [4.69, 9.17) is 4.74 Å². The van der Waals surface area contributed by atoms with E-state index in [1.807, 2.05) is 43.3 Å². The number of ether oxygens (including phenoxy) is 1. The number of hydrogen-bond acceptors (Lipinski definition) is 6. The number of thiophene rings is 1. The third-order valence-corrected chi connectivity index (χ3v) is 7.26. The van der Waals surface area contributed by atoms with Crippen LogP contribution in [0.5, 0.6) is 5.75 Å². The van der Waals surface area contributed by atoms with E-state index in [-0.39, 0.29) is 18.6 Å². The summed E-state index contributed by atoms with van der Waals surface area (Å²) >= 11 is 1.68. The molecule has 3 aromatic rings. The van der Waals surface area contributed by atoms with E-state index in [1.165, 1.54) is 10.6 Å². The molecule has 0 aliphatic carbocycles. The summed E-state index contributed by atoms with van der Waals surface area (Å²) in [7, 11) is 1.61. The number of nitrogens with zero attached hydrogens (tertiary/aromatic N) is 2. The number of para-hydroxylation sites is 1. The minimum absolute atomic E-state index is 0.00580. The van der Waals surface area contributed by atoms with Crippen LogP contribution in [0.25, 0.3) is 0 Å². The molecule has 8 heteroatoms. The minimum atomic E-state index is -0.633. The Labute approximate surface area is 210 Å². The number of anilines is 1. The Bertz CT molecular complexity index is 1080. The average molecular weight is 493 g/mol. The Morgan fingerprint density at radius 3 is 2.29 bits per heavy atom. The number of benzene rings is 2. The van der Waals surface area contributed by atoms with Crippen molar-refractivity contribution in [3.05, 3.63) is 82.6 Å². The molecule has 1 aliphatic heterocycles. The fourth-order valence-electron chi connectivity index (χ4n) is 4.46.